The van der Waals surface area contributed by atoms with Crippen LogP contribution in [0.15, 0.2) is 54.9 Å². The van der Waals surface area contributed by atoms with Gasteiger partial charge in [0.25, 0.3) is 0 Å². The summed E-state index contributed by atoms with van der Waals surface area (Å²) in [6.45, 7) is 7.40. The Kier molecular flexibility index (Phi) is 4.58. The van der Waals surface area contributed by atoms with E-state index in [0.29, 0.717) is 12.0 Å². The lowest BCUT2D eigenvalue weighted by molar-refractivity contribution is 0.485. The zero-order chi connectivity index (χ0) is 17.9. The minimum absolute atomic E-state index is 0.504. The van der Waals surface area contributed by atoms with E-state index in [9.17, 15) is 0 Å². The standard InChI is InChI=1S/C20H24N6/c1-15-10-17(12-19(11-15)25-9-8-21-16(2)13-25)23-20-22-14-26(24-20)18-6-4-3-5-7-18/h3-7,10-12,14,16,21H,8-9,13H2,1-2H3,(H,23,24). The fourth-order valence-corrected chi connectivity index (χ4v) is 3.34. The van der Waals surface area contributed by atoms with Gasteiger partial charge in [0.05, 0.1) is 5.69 Å². The molecule has 2 heterocycles. The van der Waals surface area contributed by atoms with E-state index >= 15 is 0 Å². The predicted molar refractivity (Wildman–Crippen MR) is 105 cm³/mol. The molecule has 1 atom stereocenters. The molecule has 4 rings (SSSR count). The van der Waals surface area contributed by atoms with Crippen LogP contribution in [-0.4, -0.2) is 40.4 Å². The van der Waals surface area contributed by atoms with Gasteiger partial charge in [-0.3, -0.25) is 0 Å². The molecular formula is C20H24N6. The van der Waals surface area contributed by atoms with Crippen LogP contribution >= 0.6 is 0 Å². The maximum absolute atomic E-state index is 4.53. The van der Waals surface area contributed by atoms with Crippen LogP contribution in [0.1, 0.15) is 12.5 Å². The molecule has 1 fully saturated rings. The van der Waals surface area contributed by atoms with Crippen molar-refractivity contribution in [2.75, 3.05) is 29.9 Å². The minimum Gasteiger partial charge on any atom is -0.369 e. The first-order valence-electron chi connectivity index (χ1n) is 9.01. The van der Waals surface area contributed by atoms with E-state index < -0.39 is 0 Å². The van der Waals surface area contributed by atoms with Crippen molar-refractivity contribution in [3.05, 3.63) is 60.4 Å². The van der Waals surface area contributed by atoms with E-state index in [1.807, 2.05) is 30.3 Å². The third-order valence-electron chi connectivity index (χ3n) is 4.56. The molecule has 1 aromatic heterocycles. The smallest absolute Gasteiger partial charge is 0.246 e. The average Bonchev–Trinajstić information content (AvgIpc) is 3.10. The van der Waals surface area contributed by atoms with Crippen LogP contribution in [0.3, 0.4) is 0 Å². The van der Waals surface area contributed by atoms with Crippen molar-refractivity contribution in [3.8, 4) is 5.69 Å². The number of piperazine rings is 1. The number of nitrogens with zero attached hydrogens (tertiary/aromatic N) is 4. The van der Waals surface area contributed by atoms with E-state index in [1.165, 1.54) is 11.3 Å². The van der Waals surface area contributed by atoms with Crippen LogP contribution in [0, 0.1) is 6.92 Å². The van der Waals surface area contributed by atoms with E-state index in [-0.39, 0.29) is 0 Å². The molecule has 134 valence electrons. The zero-order valence-electron chi connectivity index (χ0n) is 15.2. The van der Waals surface area contributed by atoms with Gasteiger partial charge < -0.3 is 15.5 Å². The molecule has 2 N–H and O–H groups in total. The first-order valence-corrected chi connectivity index (χ1v) is 9.01. The summed E-state index contributed by atoms with van der Waals surface area (Å²) in [6, 6.07) is 17.0. The van der Waals surface area contributed by atoms with Crippen LogP contribution in [0.25, 0.3) is 5.69 Å². The summed E-state index contributed by atoms with van der Waals surface area (Å²) < 4.78 is 1.77. The molecule has 26 heavy (non-hydrogen) atoms. The Balaban J connectivity index is 1.54. The zero-order valence-corrected chi connectivity index (χ0v) is 15.2. The van der Waals surface area contributed by atoms with Gasteiger partial charge in [-0.25, -0.2) is 4.68 Å². The van der Waals surface area contributed by atoms with Crippen molar-refractivity contribution in [2.45, 2.75) is 19.9 Å². The first kappa shape index (κ1) is 16.6. The van der Waals surface area contributed by atoms with Crippen molar-refractivity contribution >= 4 is 17.3 Å². The van der Waals surface area contributed by atoms with Gasteiger partial charge >= 0.3 is 0 Å². The van der Waals surface area contributed by atoms with Crippen LogP contribution in [0.5, 0.6) is 0 Å². The largest absolute Gasteiger partial charge is 0.369 e. The van der Waals surface area contributed by atoms with E-state index in [4.69, 9.17) is 0 Å². The molecular weight excluding hydrogens is 324 g/mol. The second-order valence-corrected chi connectivity index (χ2v) is 6.83. The number of anilines is 3. The number of para-hydroxylation sites is 1. The highest BCUT2D eigenvalue weighted by Crippen LogP contribution is 2.25. The van der Waals surface area contributed by atoms with Gasteiger partial charge in [-0.2, -0.15) is 4.98 Å². The Morgan fingerprint density at radius 2 is 1.96 bits per heavy atom. The minimum atomic E-state index is 0.504. The third kappa shape index (κ3) is 3.70. The summed E-state index contributed by atoms with van der Waals surface area (Å²) >= 11 is 0. The molecule has 0 bridgehead atoms. The molecule has 2 aromatic carbocycles. The molecule has 1 saturated heterocycles. The number of nitrogens with one attached hydrogen (secondary N) is 2. The molecule has 1 unspecified atom stereocenters. The Morgan fingerprint density at radius 1 is 1.12 bits per heavy atom. The first-order chi connectivity index (χ1) is 12.7. The molecule has 0 spiro atoms. The molecule has 0 aliphatic carbocycles. The van der Waals surface area contributed by atoms with Crippen LogP contribution < -0.4 is 15.5 Å². The lowest BCUT2D eigenvalue weighted by Crippen LogP contribution is -2.49. The van der Waals surface area contributed by atoms with E-state index in [0.717, 1.165) is 31.0 Å². The summed E-state index contributed by atoms with van der Waals surface area (Å²) in [6.07, 6.45) is 1.73. The number of benzene rings is 2. The van der Waals surface area contributed by atoms with E-state index in [1.54, 1.807) is 11.0 Å². The Bertz CT molecular complexity index is 873. The fourth-order valence-electron chi connectivity index (χ4n) is 3.34. The maximum Gasteiger partial charge on any atom is 0.246 e. The lowest BCUT2D eigenvalue weighted by Gasteiger charge is -2.34. The fraction of sp³-hybridized carbons (Fsp3) is 0.300. The molecule has 1 aliphatic heterocycles. The van der Waals surface area contributed by atoms with Gasteiger partial charge in [0.15, 0.2) is 0 Å². The highest BCUT2D eigenvalue weighted by molar-refractivity contribution is 5.64. The highest BCUT2D eigenvalue weighted by atomic mass is 15.4. The third-order valence-corrected chi connectivity index (χ3v) is 4.56. The SMILES string of the molecule is Cc1cc(Nc2ncn(-c3ccccc3)n2)cc(N2CCNC(C)C2)c1. The Morgan fingerprint density at radius 3 is 2.77 bits per heavy atom. The van der Waals surface area contributed by atoms with Gasteiger partial charge in [-0.15, -0.1) is 5.10 Å². The predicted octanol–water partition coefficient (Wildman–Crippen LogP) is 3.12. The number of rotatable bonds is 4. The quantitative estimate of drug-likeness (QED) is 0.759. The normalized spacial score (nSPS) is 17.3. The number of hydrogen-bond acceptors (Lipinski definition) is 5. The molecule has 0 saturated carbocycles. The molecule has 6 nitrogen and oxygen atoms in total. The van der Waals surface area contributed by atoms with Crippen LogP contribution in [-0.2, 0) is 0 Å². The van der Waals surface area contributed by atoms with Crippen molar-refractivity contribution in [3.63, 3.8) is 0 Å². The maximum atomic E-state index is 4.53. The molecule has 1 aliphatic rings. The number of aromatic nitrogens is 3. The highest BCUT2D eigenvalue weighted by Gasteiger charge is 2.16. The van der Waals surface area contributed by atoms with Gasteiger partial charge in [-0.1, -0.05) is 18.2 Å². The van der Waals surface area contributed by atoms with Gasteiger partial charge in [-0.05, 0) is 49.7 Å². The Hall–Kier alpha value is -2.86. The van der Waals surface area contributed by atoms with Crippen molar-refractivity contribution in [1.29, 1.82) is 0 Å². The van der Waals surface area contributed by atoms with Crippen LogP contribution in [0.4, 0.5) is 17.3 Å². The summed E-state index contributed by atoms with van der Waals surface area (Å²) in [5.41, 5.74) is 4.46. The second kappa shape index (κ2) is 7.17. The van der Waals surface area contributed by atoms with Crippen molar-refractivity contribution < 1.29 is 0 Å². The average molecular weight is 348 g/mol. The van der Waals surface area contributed by atoms with E-state index in [2.05, 4.69) is 57.7 Å². The molecule has 0 radical (unpaired) electrons. The topological polar surface area (TPSA) is 58.0 Å². The number of hydrogen-bond donors (Lipinski definition) is 2. The molecule has 6 heteroatoms. The summed E-state index contributed by atoms with van der Waals surface area (Å²) in [7, 11) is 0. The van der Waals surface area contributed by atoms with Crippen LogP contribution in [0.2, 0.25) is 0 Å². The van der Waals surface area contributed by atoms with Gasteiger partial charge in [0.2, 0.25) is 5.95 Å². The monoisotopic (exact) mass is 348 g/mol. The lowest BCUT2D eigenvalue weighted by atomic mass is 10.1. The van der Waals surface area contributed by atoms with Gasteiger partial charge in [0.1, 0.15) is 6.33 Å². The van der Waals surface area contributed by atoms with Crippen molar-refractivity contribution in [1.82, 2.24) is 20.1 Å². The molecule has 0 amide bonds. The second-order valence-electron chi connectivity index (χ2n) is 6.83. The summed E-state index contributed by atoms with van der Waals surface area (Å²) in [4.78, 5) is 6.81. The summed E-state index contributed by atoms with van der Waals surface area (Å²) in [5.74, 6) is 0.596. The number of aryl methyl sites for hydroxylation is 1. The Labute approximate surface area is 153 Å². The van der Waals surface area contributed by atoms with Crippen molar-refractivity contribution in [2.24, 2.45) is 0 Å². The molecule has 3 aromatic rings. The summed E-state index contributed by atoms with van der Waals surface area (Å²) in [5, 5.41) is 11.4. The van der Waals surface area contributed by atoms with Gasteiger partial charge in [0, 0.05) is 37.1 Å².